The van der Waals surface area contributed by atoms with Crippen molar-refractivity contribution in [1.82, 2.24) is 10.6 Å². The van der Waals surface area contributed by atoms with Gasteiger partial charge in [0.1, 0.15) is 23.1 Å². The normalized spacial score (nSPS) is 22.2. The summed E-state index contributed by atoms with van der Waals surface area (Å²) >= 11 is 0. The molecule has 0 bridgehead atoms. The lowest BCUT2D eigenvalue weighted by molar-refractivity contribution is 0.394. The summed E-state index contributed by atoms with van der Waals surface area (Å²) in [5.74, 6) is 1.00. The van der Waals surface area contributed by atoms with Crippen molar-refractivity contribution >= 4 is 35.6 Å². The molecule has 2 N–H and O–H groups in total. The quantitative estimate of drug-likeness (QED) is 0.320. The van der Waals surface area contributed by atoms with E-state index in [9.17, 15) is 8.78 Å². The third-order valence-corrected chi connectivity index (χ3v) is 5.94. The summed E-state index contributed by atoms with van der Waals surface area (Å²) in [4.78, 5) is 6.57. The number of hydrogen-bond donors (Lipinski definition) is 2. The molecular weight excluding hydrogens is 529 g/mol. The molecule has 0 spiro atoms. The number of nitrogens with one attached hydrogen (secondary N) is 2. The van der Waals surface area contributed by atoms with Crippen LogP contribution in [0, 0.1) is 11.6 Å². The zero-order valence-corrected chi connectivity index (χ0v) is 20.7. The molecule has 32 heavy (non-hydrogen) atoms. The molecular formula is C23H29F2IN4O2. The van der Waals surface area contributed by atoms with Crippen molar-refractivity contribution in [2.75, 3.05) is 39.3 Å². The predicted molar refractivity (Wildman–Crippen MR) is 133 cm³/mol. The van der Waals surface area contributed by atoms with Crippen molar-refractivity contribution < 1.29 is 18.3 Å². The van der Waals surface area contributed by atoms with Crippen LogP contribution in [0.2, 0.25) is 0 Å². The zero-order chi connectivity index (χ0) is 22.0. The van der Waals surface area contributed by atoms with Crippen LogP contribution in [0.4, 0.5) is 14.5 Å². The fourth-order valence-corrected chi connectivity index (χ4v) is 4.17. The topological polar surface area (TPSA) is 58.1 Å². The van der Waals surface area contributed by atoms with Gasteiger partial charge in [-0.05, 0) is 25.0 Å². The first-order valence-corrected chi connectivity index (χ1v) is 10.4. The van der Waals surface area contributed by atoms with Crippen LogP contribution in [0.3, 0.4) is 0 Å². The Morgan fingerprint density at radius 2 is 1.72 bits per heavy atom. The number of methoxy groups -OCH3 is 2. The molecule has 0 radical (unpaired) electrons. The summed E-state index contributed by atoms with van der Waals surface area (Å²) in [7, 11) is 4.98. The summed E-state index contributed by atoms with van der Waals surface area (Å²) in [5, 5.41) is 6.75. The molecule has 3 unspecified atom stereocenters. The van der Waals surface area contributed by atoms with E-state index in [1.54, 1.807) is 21.3 Å². The van der Waals surface area contributed by atoms with Gasteiger partial charge in [-0.25, -0.2) is 8.78 Å². The van der Waals surface area contributed by atoms with E-state index >= 15 is 0 Å². The Bertz CT molecular complexity index is 933. The predicted octanol–water partition coefficient (Wildman–Crippen LogP) is 3.90. The second kappa shape index (κ2) is 10.5. The number of hydrogen-bond acceptors (Lipinski definition) is 4. The number of guanidine groups is 1. The first-order valence-electron chi connectivity index (χ1n) is 10.4. The number of nitrogens with zero attached hydrogens (tertiary/aromatic N) is 2. The highest BCUT2D eigenvalue weighted by Crippen LogP contribution is 2.43. The van der Waals surface area contributed by atoms with Crippen LogP contribution in [-0.4, -0.2) is 52.4 Å². The van der Waals surface area contributed by atoms with Crippen LogP contribution in [0.1, 0.15) is 24.3 Å². The Morgan fingerprint density at radius 1 is 1.06 bits per heavy atom. The van der Waals surface area contributed by atoms with Crippen LogP contribution in [0.5, 0.6) is 11.5 Å². The summed E-state index contributed by atoms with van der Waals surface area (Å²) in [6.45, 7) is 1.69. The van der Waals surface area contributed by atoms with Gasteiger partial charge in [-0.15, -0.1) is 24.0 Å². The second-order valence-corrected chi connectivity index (χ2v) is 7.95. The minimum Gasteiger partial charge on any atom is -0.497 e. The van der Waals surface area contributed by atoms with E-state index in [1.807, 2.05) is 18.2 Å². The smallest absolute Gasteiger partial charge is 0.191 e. The van der Waals surface area contributed by atoms with Gasteiger partial charge in [-0.1, -0.05) is 6.07 Å². The van der Waals surface area contributed by atoms with Gasteiger partial charge in [0, 0.05) is 67.6 Å². The molecule has 2 aromatic rings. The van der Waals surface area contributed by atoms with Gasteiger partial charge in [0.05, 0.1) is 14.2 Å². The highest BCUT2D eigenvalue weighted by Gasteiger charge is 2.42. The number of anilines is 1. The number of aliphatic imine (C=N–C) groups is 1. The maximum Gasteiger partial charge on any atom is 0.191 e. The summed E-state index contributed by atoms with van der Waals surface area (Å²) in [5.41, 5.74) is 1.20. The molecule has 2 aromatic carbocycles. The molecule has 3 atom stereocenters. The van der Waals surface area contributed by atoms with Crippen molar-refractivity contribution in [3.8, 4) is 11.5 Å². The average Bonchev–Trinajstić information content (AvgIpc) is 3.35. The van der Waals surface area contributed by atoms with Gasteiger partial charge in [0.2, 0.25) is 0 Å². The molecule has 1 saturated heterocycles. The molecule has 9 heteroatoms. The Labute approximate surface area is 204 Å². The van der Waals surface area contributed by atoms with Crippen LogP contribution in [0.15, 0.2) is 41.4 Å². The maximum atomic E-state index is 14.0. The minimum atomic E-state index is -0.489. The lowest BCUT2D eigenvalue weighted by Crippen LogP contribution is -2.45. The van der Waals surface area contributed by atoms with Gasteiger partial charge in [0.25, 0.3) is 0 Å². The van der Waals surface area contributed by atoms with Gasteiger partial charge in [0.15, 0.2) is 5.96 Å². The van der Waals surface area contributed by atoms with Gasteiger partial charge >= 0.3 is 0 Å². The molecule has 4 rings (SSSR count). The zero-order valence-electron chi connectivity index (χ0n) is 18.4. The SMILES string of the molecule is CN=C(NC1CCN(c2cc(OC)cc(OC)c2)C1)NC1CC1c1c(F)cccc1F.I. The van der Waals surface area contributed by atoms with E-state index in [2.05, 4.69) is 20.5 Å². The lowest BCUT2D eigenvalue weighted by Gasteiger charge is -2.21. The van der Waals surface area contributed by atoms with Gasteiger partial charge in [-0.3, -0.25) is 4.99 Å². The third kappa shape index (κ3) is 5.36. The first-order chi connectivity index (χ1) is 15.0. The molecule has 1 aliphatic heterocycles. The Morgan fingerprint density at radius 3 is 2.31 bits per heavy atom. The second-order valence-electron chi connectivity index (χ2n) is 7.95. The van der Waals surface area contributed by atoms with Crippen molar-refractivity contribution in [2.45, 2.75) is 30.8 Å². The van der Waals surface area contributed by atoms with Crippen LogP contribution in [-0.2, 0) is 0 Å². The molecule has 6 nitrogen and oxygen atoms in total. The van der Waals surface area contributed by atoms with Crippen LogP contribution >= 0.6 is 24.0 Å². The van der Waals surface area contributed by atoms with Crippen LogP contribution < -0.4 is 25.0 Å². The van der Waals surface area contributed by atoms with E-state index in [0.29, 0.717) is 12.4 Å². The molecule has 2 aliphatic rings. The first kappa shape index (κ1) is 24.3. The standard InChI is InChI=1S/C23H28F2N4O2.HI/c1-26-23(28-21-12-18(21)22-19(24)5-4-6-20(22)25)27-14-7-8-29(13-14)15-9-16(30-2)11-17(10-15)31-3;/h4-6,9-11,14,18,21H,7-8,12-13H2,1-3H3,(H2,26,27,28);1H. The minimum absolute atomic E-state index is 0. The molecule has 0 amide bonds. The number of benzene rings is 2. The molecule has 174 valence electrons. The highest BCUT2D eigenvalue weighted by molar-refractivity contribution is 14.0. The van der Waals surface area contributed by atoms with Crippen molar-refractivity contribution in [3.63, 3.8) is 0 Å². The Hall–Kier alpha value is -2.30. The van der Waals surface area contributed by atoms with E-state index in [4.69, 9.17) is 9.47 Å². The number of ether oxygens (including phenoxy) is 2. The monoisotopic (exact) mass is 558 g/mol. The maximum absolute atomic E-state index is 14.0. The Balaban J connectivity index is 0.00000289. The third-order valence-electron chi connectivity index (χ3n) is 5.94. The summed E-state index contributed by atoms with van der Waals surface area (Å²) in [6.07, 6.45) is 1.62. The highest BCUT2D eigenvalue weighted by atomic mass is 127. The fraction of sp³-hybridized carbons (Fsp3) is 0.435. The molecule has 1 aliphatic carbocycles. The van der Waals surface area contributed by atoms with E-state index in [-0.39, 0.29) is 47.5 Å². The van der Waals surface area contributed by atoms with Gasteiger partial charge < -0.3 is 25.0 Å². The molecule has 1 heterocycles. The largest absolute Gasteiger partial charge is 0.497 e. The Kier molecular flexibility index (Phi) is 8.02. The molecule has 1 saturated carbocycles. The average molecular weight is 558 g/mol. The van der Waals surface area contributed by atoms with Gasteiger partial charge in [-0.2, -0.15) is 0 Å². The van der Waals surface area contributed by atoms with Crippen LogP contribution in [0.25, 0.3) is 0 Å². The number of halogens is 3. The van der Waals surface area contributed by atoms with E-state index in [0.717, 1.165) is 36.7 Å². The summed E-state index contributed by atoms with van der Waals surface area (Å²) in [6, 6.07) is 10.0. The number of rotatable bonds is 6. The van der Waals surface area contributed by atoms with E-state index < -0.39 is 11.6 Å². The van der Waals surface area contributed by atoms with E-state index in [1.165, 1.54) is 18.2 Å². The fourth-order valence-electron chi connectivity index (χ4n) is 4.17. The molecule has 2 fully saturated rings. The van der Waals surface area contributed by atoms with Crippen molar-refractivity contribution in [3.05, 3.63) is 53.6 Å². The van der Waals surface area contributed by atoms with Crippen molar-refractivity contribution in [2.24, 2.45) is 4.99 Å². The summed E-state index contributed by atoms with van der Waals surface area (Å²) < 4.78 is 38.8. The van der Waals surface area contributed by atoms with Crippen molar-refractivity contribution in [1.29, 1.82) is 0 Å². The lowest BCUT2D eigenvalue weighted by atomic mass is 10.1. The molecule has 0 aromatic heterocycles.